The van der Waals surface area contributed by atoms with Crippen LogP contribution in [-0.2, 0) is 18.3 Å². The molecule has 2 fully saturated rings. The van der Waals surface area contributed by atoms with Crippen molar-refractivity contribution in [3.63, 3.8) is 0 Å². The van der Waals surface area contributed by atoms with Crippen LogP contribution in [0.5, 0.6) is 0 Å². The first-order valence-electron chi connectivity index (χ1n) is 8.65. The molecule has 1 aromatic carbocycles. The molecule has 2 aliphatic rings. The lowest BCUT2D eigenvalue weighted by Gasteiger charge is -2.37. The van der Waals surface area contributed by atoms with Crippen LogP contribution in [0.25, 0.3) is 0 Å². The van der Waals surface area contributed by atoms with Crippen molar-refractivity contribution in [1.29, 1.82) is 0 Å². The van der Waals surface area contributed by atoms with Crippen LogP contribution in [0.15, 0.2) is 29.0 Å². The molecule has 1 atom stereocenters. The summed E-state index contributed by atoms with van der Waals surface area (Å²) in [7, 11) is 2.00. The fraction of sp³-hybridized carbons (Fsp3) is 0.556. The van der Waals surface area contributed by atoms with Crippen molar-refractivity contribution in [2.75, 3.05) is 26.3 Å². The Labute approximate surface area is 155 Å². The van der Waals surface area contributed by atoms with E-state index in [1.165, 1.54) is 6.07 Å². The highest BCUT2D eigenvalue weighted by Crippen LogP contribution is 2.49. The third-order valence-corrected chi connectivity index (χ3v) is 6.16. The number of aromatic nitrogens is 3. The average molecular weight is 409 g/mol. The molecule has 2 aromatic rings. The molecule has 4 rings (SSSR count). The van der Waals surface area contributed by atoms with E-state index in [9.17, 15) is 4.39 Å². The van der Waals surface area contributed by atoms with Gasteiger partial charge in [-0.25, -0.2) is 4.39 Å². The zero-order valence-corrected chi connectivity index (χ0v) is 15.9. The quantitative estimate of drug-likeness (QED) is 0.782. The third kappa shape index (κ3) is 3.25. The van der Waals surface area contributed by atoms with Crippen molar-refractivity contribution in [1.82, 2.24) is 19.7 Å². The predicted molar refractivity (Wildman–Crippen MR) is 95.6 cm³/mol. The fourth-order valence-corrected chi connectivity index (χ4v) is 4.75. The molecule has 0 amide bonds. The van der Waals surface area contributed by atoms with Crippen LogP contribution in [-0.4, -0.2) is 46.0 Å². The lowest BCUT2D eigenvalue weighted by Crippen LogP contribution is -2.36. The maximum atomic E-state index is 14.2. The van der Waals surface area contributed by atoms with Crippen LogP contribution >= 0.6 is 15.9 Å². The highest BCUT2D eigenvalue weighted by Gasteiger charge is 2.49. The maximum absolute atomic E-state index is 14.2. The first kappa shape index (κ1) is 17.1. The van der Waals surface area contributed by atoms with E-state index < -0.39 is 0 Å². The number of likely N-dealkylation sites (tertiary alicyclic amines) is 1. The molecule has 0 bridgehead atoms. The van der Waals surface area contributed by atoms with Gasteiger partial charge in [0.05, 0.1) is 0 Å². The van der Waals surface area contributed by atoms with Gasteiger partial charge in [-0.05, 0) is 36.5 Å². The summed E-state index contributed by atoms with van der Waals surface area (Å²) in [6.45, 7) is 4.00. The van der Waals surface area contributed by atoms with Crippen molar-refractivity contribution in [2.45, 2.75) is 25.3 Å². The molecular weight excluding hydrogens is 387 g/mol. The van der Waals surface area contributed by atoms with Gasteiger partial charge in [0.2, 0.25) is 0 Å². The van der Waals surface area contributed by atoms with Crippen LogP contribution in [0.4, 0.5) is 4.39 Å². The summed E-state index contributed by atoms with van der Waals surface area (Å²) in [5.41, 5.74) is 0.872. The first-order valence-corrected chi connectivity index (χ1v) is 9.45. The van der Waals surface area contributed by atoms with Gasteiger partial charge in [-0.3, -0.25) is 4.90 Å². The molecule has 1 aromatic heterocycles. The number of hydrogen-bond donors (Lipinski definition) is 0. The van der Waals surface area contributed by atoms with E-state index in [1.54, 1.807) is 12.4 Å². The van der Waals surface area contributed by atoms with Gasteiger partial charge in [0.15, 0.2) is 0 Å². The minimum Gasteiger partial charge on any atom is -0.381 e. The summed E-state index contributed by atoms with van der Waals surface area (Å²) in [4.78, 5) is 2.36. The number of aryl methyl sites for hydroxylation is 1. The Balaban J connectivity index is 1.61. The van der Waals surface area contributed by atoms with Crippen LogP contribution in [0.1, 0.15) is 30.1 Å². The van der Waals surface area contributed by atoms with Crippen molar-refractivity contribution < 1.29 is 9.13 Å². The third-order valence-electron chi connectivity index (χ3n) is 5.67. The number of hydrogen-bond acceptors (Lipinski definition) is 4. The highest BCUT2D eigenvalue weighted by atomic mass is 79.9. The second kappa shape index (κ2) is 6.78. The summed E-state index contributed by atoms with van der Waals surface area (Å²) < 4.78 is 22.7. The monoisotopic (exact) mass is 408 g/mol. The Morgan fingerprint density at radius 2 is 2.16 bits per heavy atom. The average Bonchev–Trinajstić information content (AvgIpc) is 3.15. The van der Waals surface area contributed by atoms with E-state index >= 15 is 0 Å². The Morgan fingerprint density at radius 1 is 1.36 bits per heavy atom. The molecule has 1 unspecified atom stereocenters. The Hall–Kier alpha value is -1.31. The van der Waals surface area contributed by atoms with Crippen LogP contribution in [0, 0.1) is 11.2 Å². The number of nitrogens with zero attached hydrogens (tertiary/aromatic N) is 4. The Kier molecular flexibility index (Phi) is 4.64. The van der Waals surface area contributed by atoms with Crippen molar-refractivity contribution >= 4 is 15.9 Å². The number of rotatable bonds is 3. The smallest absolute Gasteiger partial charge is 0.137 e. The lowest BCUT2D eigenvalue weighted by molar-refractivity contribution is 0.0105. The molecule has 134 valence electrons. The SMILES string of the molecule is Cn1cnnc1C1CN(Cc2cc(Br)ccc2F)CC12CCOCC2. The number of ether oxygens (including phenoxy) is 1. The van der Waals surface area contributed by atoms with E-state index in [4.69, 9.17) is 4.74 Å². The number of benzene rings is 1. The highest BCUT2D eigenvalue weighted by molar-refractivity contribution is 9.10. The predicted octanol–water partition coefficient (Wildman–Crippen LogP) is 3.11. The van der Waals surface area contributed by atoms with Crippen LogP contribution in [0.3, 0.4) is 0 Å². The summed E-state index contributed by atoms with van der Waals surface area (Å²) in [6.07, 6.45) is 3.79. The summed E-state index contributed by atoms with van der Waals surface area (Å²) in [5, 5.41) is 8.46. The minimum atomic E-state index is -0.147. The molecule has 1 spiro atoms. The number of halogens is 2. The van der Waals surface area contributed by atoms with Gasteiger partial charge in [0.25, 0.3) is 0 Å². The van der Waals surface area contributed by atoms with E-state index in [2.05, 4.69) is 31.0 Å². The van der Waals surface area contributed by atoms with E-state index in [0.29, 0.717) is 12.5 Å². The van der Waals surface area contributed by atoms with Gasteiger partial charge in [0, 0.05) is 55.8 Å². The summed E-state index contributed by atoms with van der Waals surface area (Å²) >= 11 is 3.45. The second-order valence-corrected chi connectivity index (χ2v) is 8.15. The zero-order valence-electron chi connectivity index (χ0n) is 14.3. The lowest BCUT2D eigenvalue weighted by atomic mass is 9.72. The molecule has 2 aliphatic heterocycles. The fourth-order valence-electron chi connectivity index (χ4n) is 4.35. The van der Waals surface area contributed by atoms with Crippen molar-refractivity contribution in [2.24, 2.45) is 12.5 Å². The van der Waals surface area contributed by atoms with E-state index in [0.717, 1.165) is 55.0 Å². The molecule has 0 radical (unpaired) electrons. The van der Waals surface area contributed by atoms with Crippen LogP contribution in [0.2, 0.25) is 0 Å². The van der Waals surface area contributed by atoms with Gasteiger partial charge in [-0.2, -0.15) is 0 Å². The maximum Gasteiger partial charge on any atom is 0.137 e. The molecular formula is C18H22BrFN4O. The standard InChI is InChI=1S/C18H22BrFN4O/c1-23-12-21-22-17(23)15-10-24(11-18(15)4-6-25-7-5-18)9-13-8-14(19)2-3-16(13)20/h2-3,8,12,15H,4-7,9-11H2,1H3. The van der Waals surface area contributed by atoms with Gasteiger partial charge in [-0.1, -0.05) is 15.9 Å². The van der Waals surface area contributed by atoms with Gasteiger partial charge in [-0.15, -0.1) is 10.2 Å². The Morgan fingerprint density at radius 3 is 2.88 bits per heavy atom. The molecule has 0 saturated carbocycles. The molecule has 5 nitrogen and oxygen atoms in total. The Bertz CT molecular complexity index is 759. The second-order valence-electron chi connectivity index (χ2n) is 7.23. The molecule has 25 heavy (non-hydrogen) atoms. The molecule has 7 heteroatoms. The molecule has 2 saturated heterocycles. The molecule has 0 N–H and O–H groups in total. The molecule has 0 aliphatic carbocycles. The minimum absolute atomic E-state index is 0.140. The summed E-state index contributed by atoms with van der Waals surface area (Å²) in [5.74, 6) is 1.18. The normalized spacial score (nSPS) is 23.4. The van der Waals surface area contributed by atoms with E-state index in [-0.39, 0.29) is 11.2 Å². The topological polar surface area (TPSA) is 43.2 Å². The van der Waals surface area contributed by atoms with Gasteiger partial charge >= 0.3 is 0 Å². The molecule has 3 heterocycles. The first-order chi connectivity index (χ1) is 12.1. The van der Waals surface area contributed by atoms with Gasteiger partial charge < -0.3 is 9.30 Å². The van der Waals surface area contributed by atoms with Gasteiger partial charge in [0.1, 0.15) is 18.0 Å². The van der Waals surface area contributed by atoms with Crippen LogP contribution < -0.4 is 0 Å². The largest absolute Gasteiger partial charge is 0.381 e. The summed E-state index contributed by atoms with van der Waals surface area (Å²) in [6, 6.07) is 5.15. The van der Waals surface area contributed by atoms with Crippen molar-refractivity contribution in [3.8, 4) is 0 Å². The van der Waals surface area contributed by atoms with Crippen molar-refractivity contribution in [3.05, 3.63) is 46.2 Å². The van der Waals surface area contributed by atoms with E-state index in [1.807, 2.05) is 17.7 Å². The zero-order chi connectivity index (χ0) is 17.4.